The zero-order valence-electron chi connectivity index (χ0n) is 14.5. The van der Waals surface area contributed by atoms with Gasteiger partial charge in [-0.05, 0) is 34.5 Å². The van der Waals surface area contributed by atoms with Crippen molar-refractivity contribution in [3.8, 4) is 0 Å². The maximum Gasteiger partial charge on any atom is 0.337 e. The summed E-state index contributed by atoms with van der Waals surface area (Å²) in [5.41, 5.74) is 1.12. The van der Waals surface area contributed by atoms with Crippen molar-refractivity contribution in [2.75, 3.05) is 14.2 Å². The standard InChI is InChI=1S/C20H19NO4S/c1-21(14-17-10-5-8-15-7-3-4-12-19(15)17)26(23,24)18-11-6-9-16(13-18)20(22)25-2/h3-13H,14H2,1-2H3. The highest BCUT2D eigenvalue weighted by atomic mass is 32.2. The van der Waals surface area contributed by atoms with Crippen LogP contribution in [0.5, 0.6) is 0 Å². The number of rotatable bonds is 5. The number of methoxy groups -OCH3 is 1. The molecule has 0 aromatic heterocycles. The van der Waals surface area contributed by atoms with Gasteiger partial charge in [0, 0.05) is 13.6 Å². The summed E-state index contributed by atoms with van der Waals surface area (Å²) >= 11 is 0. The predicted molar refractivity (Wildman–Crippen MR) is 100 cm³/mol. The van der Waals surface area contributed by atoms with Gasteiger partial charge in [0.25, 0.3) is 0 Å². The zero-order valence-corrected chi connectivity index (χ0v) is 15.4. The molecule has 0 aliphatic carbocycles. The Bertz CT molecular complexity index is 1050. The van der Waals surface area contributed by atoms with Gasteiger partial charge in [0.15, 0.2) is 0 Å². The maximum atomic E-state index is 12.9. The first-order valence-corrected chi connectivity index (χ1v) is 9.49. The van der Waals surface area contributed by atoms with Gasteiger partial charge < -0.3 is 4.74 Å². The molecule has 0 saturated carbocycles. The Balaban J connectivity index is 1.93. The molecule has 0 heterocycles. The fraction of sp³-hybridized carbons (Fsp3) is 0.150. The average Bonchev–Trinajstić information content (AvgIpc) is 2.67. The van der Waals surface area contributed by atoms with Crippen LogP contribution >= 0.6 is 0 Å². The average molecular weight is 369 g/mol. The third kappa shape index (κ3) is 3.47. The number of nitrogens with zero attached hydrogens (tertiary/aromatic N) is 1. The molecule has 0 spiro atoms. The van der Waals surface area contributed by atoms with E-state index in [1.807, 2.05) is 42.5 Å². The molecule has 0 unspecified atom stereocenters. The summed E-state index contributed by atoms with van der Waals surface area (Å²) in [6, 6.07) is 19.5. The number of ether oxygens (including phenoxy) is 1. The summed E-state index contributed by atoms with van der Waals surface area (Å²) in [5.74, 6) is -0.571. The van der Waals surface area contributed by atoms with E-state index in [-0.39, 0.29) is 17.0 Å². The van der Waals surface area contributed by atoms with Crippen molar-refractivity contribution < 1.29 is 17.9 Å². The number of sulfonamides is 1. The van der Waals surface area contributed by atoms with Crippen molar-refractivity contribution in [1.29, 1.82) is 0 Å². The van der Waals surface area contributed by atoms with Gasteiger partial charge in [0.2, 0.25) is 10.0 Å². The normalized spacial score (nSPS) is 11.7. The van der Waals surface area contributed by atoms with Crippen LogP contribution in [-0.4, -0.2) is 32.8 Å². The van der Waals surface area contributed by atoms with E-state index in [4.69, 9.17) is 0 Å². The van der Waals surface area contributed by atoms with Crippen molar-refractivity contribution in [3.05, 3.63) is 77.9 Å². The van der Waals surface area contributed by atoms with Crippen LogP contribution in [-0.2, 0) is 21.3 Å². The molecule has 3 aromatic carbocycles. The van der Waals surface area contributed by atoms with Crippen LogP contribution in [0, 0.1) is 0 Å². The highest BCUT2D eigenvalue weighted by molar-refractivity contribution is 7.89. The minimum atomic E-state index is -3.74. The Morgan fingerprint density at radius 3 is 2.46 bits per heavy atom. The third-order valence-corrected chi connectivity index (χ3v) is 6.04. The van der Waals surface area contributed by atoms with Crippen molar-refractivity contribution >= 4 is 26.8 Å². The van der Waals surface area contributed by atoms with Crippen molar-refractivity contribution in [3.63, 3.8) is 0 Å². The Morgan fingerprint density at radius 1 is 1.00 bits per heavy atom. The first-order valence-electron chi connectivity index (χ1n) is 8.05. The van der Waals surface area contributed by atoms with E-state index < -0.39 is 16.0 Å². The Hall–Kier alpha value is -2.70. The van der Waals surface area contributed by atoms with Gasteiger partial charge in [-0.1, -0.05) is 48.5 Å². The Morgan fingerprint density at radius 2 is 1.69 bits per heavy atom. The molecule has 6 heteroatoms. The van der Waals surface area contributed by atoms with Crippen molar-refractivity contribution in [2.45, 2.75) is 11.4 Å². The molecule has 0 amide bonds. The number of hydrogen-bond donors (Lipinski definition) is 0. The molecule has 0 aliphatic heterocycles. The lowest BCUT2D eigenvalue weighted by molar-refractivity contribution is 0.0600. The quantitative estimate of drug-likeness (QED) is 0.646. The summed E-state index contributed by atoms with van der Waals surface area (Å²) in [5, 5.41) is 2.07. The van der Waals surface area contributed by atoms with Crippen molar-refractivity contribution in [1.82, 2.24) is 4.31 Å². The number of hydrogen-bond acceptors (Lipinski definition) is 4. The Labute approximate surface area is 152 Å². The van der Waals surface area contributed by atoms with Crippen LogP contribution in [0.1, 0.15) is 15.9 Å². The van der Waals surface area contributed by atoms with Crippen LogP contribution in [0.15, 0.2) is 71.6 Å². The summed E-state index contributed by atoms with van der Waals surface area (Å²) in [6.07, 6.45) is 0. The number of esters is 1. The first-order chi connectivity index (χ1) is 12.4. The van der Waals surface area contributed by atoms with E-state index in [1.165, 1.54) is 42.7 Å². The number of fused-ring (bicyclic) bond motifs is 1. The first kappa shape index (κ1) is 18.1. The van der Waals surface area contributed by atoms with Crippen molar-refractivity contribution in [2.24, 2.45) is 0 Å². The van der Waals surface area contributed by atoms with E-state index >= 15 is 0 Å². The SMILES string of the molecule is COC(=O)c1cccc(S(=O)(=O)N(C)Cc2cccc3ccccc23)c1. The van der Waals surface area contributed by atoms with Gasteiger partial charge in [-0.15, -0.1) is 0 Å². The van der Waals surface area contributed by atoms with E-state index in [0.717, 1.165) is 16.3 Å². The van der Waals surface area contributed by atoms with E-state index in [0.29, 0.717) is 0 Å². The molecular formula is C20H19NO4S. The van der Waals surface area contributed by atoms with E-state index in [2.05, 4.69) is 4.74 Å². The predicted octanol–water partition coefficient (Wildman–Crippen LogP) is 3.45. The van der Waals surface area contributed by atoms with Crippen LogP contribution in [0.25, 0.3) is 10.8 Å². The molecule has 0 atom stereocenters. The number of carbonyl (C=O) groups excluding carboxylic acids is 1. The zero-order chi connectivity index (χ0) is 18.7. The summed E-state index contributed by atoms with van der Waals surface area (Å²) in [7, 11) is -0.955. The molecule has 0 fully saturated rings. The number of benzene rings is 3. The largest absolute Gasteiger partial charge is 0.465 e. The van der Waals surface area contributed by atoms with Crippen LogP contribution in [0.2, 0.25) is 0 Å². The van der Waals surface area contributed by atoms with Crippen LogP contribution in [0.4, 0.5) is 0 Å². The molecule has 3 rings (SSSR count). The van der Waals surface area contributed by atoms with Gasteiger partial charge in [-0.3, -0.25) is 0 Å². The molecule has 3 aromatic rings. The molecule has 0 radical (unpaired) electrons. The maximum absolute atomic E-state index is 12.9. The molecule has 0 bridgehead atoms. The third-order valence-electron chi connectivity index (χ3n) is 4.24. The second-order valence-electron chi connectivity index (χ2n) is 5.92. The minimum absolute atomic E-state index is 0.0585. The fourth-order valence-electron chi connectivity index (χ4n) is 2.84. The highest BCUT2D eigenvalue weighted by Crippen LogP contribution is 2.23. The van der Waals surface area contributed by atoms with Gasteiger partial charge >= 0.3 is 5.97 Å². The molecule has 5 nitrogen and oxygen atoms in total. The highest BCUT2D eigenvalue weighted by Gasteiger charge is 2.22. The molecular weight excluding hydrogens is 350 g/mol. The van der Waals surface area contributed by atoms with Crippen LogP contribution in [0.3, 0.4) is 0 Å². The van der Waals surface area contributed by atoms with E-state index in [1.54, 1.807) is 0 Å². The molecule has 0 saturated heterocycles. The van der Waals surface area contributed by atoms with E-state index in [9.17, 15) is 13.2 Å². The summed E-state index contributed by atoms with van der Waals surface area (Å²) in [4.78, 5) is 11.7. The van der Waals surface area contributed by atoms with Gasteiger partial charge in [-0.25, -0.2) is 13.2 Å². The lowest BCUT2D eigenvalue weighted by atomic mass is 10.0. The fourth-order valence-corrected chi connectivity index (χ4v) is 4.03. The summed E-state index contributed by atoms with van der Waals surface area (Å²) < 4.78 is 31.8. The topological polar surface area (TPSA) is 63.7 Å². The lowest BCUT2D eigenvalue weighted by Gasteiger charge is -2.18. The smallest absolute Gasteiger partial charge is 0.337 e. The second-order valence-corrected chi connectivity index (χ2v) is 7.96. The van der Waals surface area contributed by atoms with Crippen LogP contribution < -0.4 is 0 Å². The molecule has 134 valence electrons. The number of carbonyl (C=O) groups is 1. The van der Waals surface area contributed by atoms with Gasteiger partial charge in [0.1, 0.15) is 0 Å². The second kappa shape index (κ2) is 7.27. The molecule has 0 aliphatic rings. The van der Waals surface area contributed by atoms with Gasteiger partial charge in [0.05, 0.1) is 17.6 Å². The molecule has 26 heavy (non-hydrogen) atoms. The Kier molecular flexibility index (Phi) is 5.06. The lowest BCUT2D eigenvalue weighted by Crippen LogP contribution is -2.26. The molecule has 0 N–H and O–H groups in total. The summed E-state index contributed by atoms with van der Waals surface area (Å²) in [6.45, 7) is 0.228. The monoisotopic (exact) mass is 369 g/mol. The van der Waals surface area contributed by atoms with Gasteiger partial charge in [-0.2, -0.15) is 4.31 Å². The minimum Gasteiger partial charge on any atom is -0.465 e.